The van der Waals surface area contributed by atoms with Gasteiger partial charge in [0.05, 0.1) is 6.61 Å². The van der Waals surface area contributed by atoms with Crippen molar-refractivity contribution in [3.05, 3.63) is 59.6 Å². The first-order valence-corrected chi connectivity index (χ1v) is 8.43. The summed E-state index contributed by atoms with van der Waals surface area (Å²) in [5.74, 6) is 3.65. The van der Waals surface area contributed by atoms with Gasteiger partial charge in [-0.1, -0.05) is 25.1 Å². The van der Waals surface area contributed by atoms with Gasteiger partial charge in [-0.3, -0.25) is 4.79 Å². The Morgan fingerprint density at radius 1 is 1.33 bits per heavy atom. The van der Waals surface area contributed by atoms with Crippen molar-refractivity contribution in [2.45, 2.75) is 32.7 Å². The number of furan rings is 1. The van der Waals surface area contributed by atoms with Crippen LogP contribution in [0.25, 0.3) is 6.08 Å². The van der Waals surface area contributed by atoms with Crippen LogP contribution in [-0.2, 0) is 11.3 Å². The minimum absolute atomic E-state index is 0.154. The van der Waals surface area contributed by atoms with Crippen molar-refractivity contribution in [1.82, 2.24) is 5.32 Å². The number of rotatable bonds is 7. The van der Waals surface area contributed by atoms with Crippen LogP contribution in [-0.4, -0.2) is 12.5 Å². The Morgan fingerprint density at radius 3 is 2.88 bits per heavy atom. The maximum absolute atomic E-state index is 12.0. The number of hydrogen-bond acceptors (Lipinski definition) is 3. The van der Waals surface area contributed by atoms with Gasteiger partial charge >= 0.3 is 0 Å². The number of hydrogen-bond donors (Lipinski definition) is 1. The maximum atomic E-state index is 12.0. The highest BCUT2D eigenvalue weighted by molar-refractivity contribution is 5.91. The van der Waals surface area contributed by atoms with Gasteiger partial charge in [0.15, 0.2) is 0 Å². The van der Waals surface area contributed by atoms with E-state index >= 15 is 0 Å². The van der Waals surface area contributed by atoms with Crippen LogP contribution < -0.4 is 10.1 Å². The molecule has 2 unspecified atom stereocenters. The molecular weight excluding hydrogens is 302 g/mol. The summed E-state index contributed by atoms with van der Waals surface area (Å²) in [7, 11) is 0. The van der Waals surface area contributed by atoms with Crippen molar-refractivity contribution < 1.29 is 13.9 Å². The summed E-state index contributed by atoms with van der Waals surface area (Å²) in [5, 5.41) is 2.87. The van der Waals surface area contributed by atoms with E-state index in [1.807, 2.05) is 43.3 Å². The Hall–Kier alpha value is -2.49. The average molecular weight is 325 g/mol. The number of carbonyl (C=O) groups excluding carboxylic acids is 1. The lowest BCUT2D eigenvalue weighted by molar-refractivity contribution is -0.116. The Kier molecular flexibility index (Phi) is 5.04. The lowest BCUT2D eigenvalue weighted by Crippen LogP contribution is -2.20. The van der Waals surface area contributed by atoms with Gasteiger partial charge < -0.3 is 14.5 Å². The summed E-state index contributed by atoms with van der Waals surface area (Å²) in [6.07, 6.45) is 4.40. The molecule has 0 radical (unpaired) electrons. The van der Waals surface area contributed by atoms with Crippen LogP contribution in [0, 0.1) is 5.92 Å². The second-order valence-electron chi connectivity index (χ2n) is 6.15. The van der Waals surface area contributed by atoms with Crippen molar-refractivity contribution in [1.29, 1.82) is 0 Å². The Bertz CT molecular complexity index is 732. The van der Waals surface area contributed by atoms with Gasteiger partial charge in [0.2, 0.25) is 5.91 Å². The van der Waals surface area contributed by atoms with Gasteiger partial charge in [-0.15, -0.1) is 0 Å². The first-order valence-electron chi connectivity index (χ1n) is 8.43. The molecule has 0 saturated heterocycles. The fourth-order valence-corrected chi connectivity index (χ4v) is 2.72. The zero-order chi connectivity index (χ0) is 16.9. The molecule has 1 aromatic carbocycles. The van der Waals surface area contributed by atoms with Crippen molar-refractivity contribution in [3.63, 3.8) is 0 Å². The number of benzene rings is 1. The summed E-state index contributed by atoms with van der Waals surface area (Å²) < 4.78 is 11.3. The molecule has 1 aliphatic rings. The van der Waals surface area contributed by atoms with Gasteiger partial charge in [0, 0.05) is 24.1 Å². The number of ether oxygens (including phenoxy) is 1. The SMILES string of the molecule is CCOc1ccccc1CNC(=O)C=Cc1ccc(C2CC2C)o1. The molecule has 0 spiro atoms. The zero-order valence-corrected chi connectivity index (χ0v) is 14.1. The number of carbonyl (C=O) groups is 1. The molecule has 126 valence electrons. The smallest absolute Gasteiger partial charge is 0.244 e. The molecule has 0 bridgehead atoms. The molecule has 2 aromatic rings. The van der Waals surface area contributed by atoms with Crippen LogP contribution in [0.15, 0.2) is 46.9 Å². The third kappa shape index (κ3) is 4.07. The molecule has 1 heterocycles. The van der Waals surface area contributed by atoms with Gasteiger partial charge in [-0.05, 0) is 43.5 Å². The maximum Gasteiger partial charge on any atom is 0.244 e. The molecule has 4 heteroatoms. The lowest BCUT2D eigenvalue weighted by atomic mass is 10.2. The summed E-state index contributed by atoms with van der Waals surface area (Å²) in [6.45, 7) is 5.20. The Balaban J connectivity index is 1.53. The molecule has 1 fully saturated rings. The van der Waals surface area contributed by atoms with E-state index in [4.69, 9.17) is 9.15 Å². The summed E-state index contributed by atoms with van der Waals surface area (Å²) >= 11 is 0. The molecule has 24 heavy (non-hydrogen) atoms. The van der Waals surface area contributed by atoms with E-state index in [-0.39, 0.29) is 5.91 Å². The minimum Gasteiger partial charge on any atom is -0.494 e. The second kappa shape index (κ2) is 7.39. The second-order valence-corrected chi connectivity index (χ2v) is 6.15. The molecule has 2 atom stereocenters. The van der Waals surface area contributed by atoms with Crippen molar-refractivity contribution >= 4 is 12.0 Å². The van der Waals surface area contributed by atoms with E-state index in [0.717, 1.165) is 17.1 Å². The molecule has 1 N–H and O–H groups in total. The average Bonchev–Trinajstić information content (AvgIpc) is 3.13. The van der Waals surface area contributed by atoms with Crippen LogP contribution >= 0.6 is 0 Å². The molecule has 4 nitrogen and oxygen atoms in total. The summed E-state index contributed by atoms with van der Waals surface area (Å²) in [6, 6.07) is 11.6. The first-order chi connectivity index (χ1) is 11.7. The first kappa shape index (κ1) is 16.4. The van der Waals surface area contributed by atoms with Gasteiger partial charge in [0.25, 0.3) is 0 Å². The number of amides is 1. The van der Waals surface area contributed by atoms with Gasteiger partial charge in [-0.2, -0.15) is 0 Å². The largest absolute Gasteiger partial charge is 0.494 e. The predicted octanol–water partition coefficient (Wildman–Crippen LogP) is 4.13. The number of para-hydroxylation sites is 1. The van der Waals surface area contributed by atoms with Crippen LogP contribution in [0.2, 0.25) is 0 Å². The molecule has 1 aliphatic carbocycles. The van der Waals surface area contributed by atoms with Crippen molar-refractivity contribution in [2.24, 2.45) is 5.92 Å². The molecule has 1 amide bonds. The summed E-state index contributed by atoms with van der Waals surface area (Å²) in [4.78, 5) is 12.0. The molecular formula is C20H23NO3. The van der Waals surface area contributed by atoms with Crippen LogP contribution in [0.3, 0.4) is 0 Å². The predicted molar refractivity (Wildman–Crippen MR) is 93.7 cm³/mol. The third-order valence-corrected chi connectivity index (χ3v) is 4.25. The Morgan fingerprint density at radius 2 is 2.12 bits per heavy atom. The molecule has 0 aliphatic heterocycles. The summed E-state index contributed by atoms with van der Waals surface area (Å²) in [5.41, 5.74) is 0.962. The molecule has 1 saturated carbocycles. The van der Waals surface area contributed by atoms with Crippen molar-refractivity contribution in [2.75, 3.05) is 6.61 Å². The van der Waals surface area contributed by atoms with E-state index < -0.39 is 0 Å². The van der Waals surface area contributed by atoms with Crippen molar-refractivity contribution in [3.8, 4) is 5.75 Å². The quantitative estimate of drug-likeness (QED) is 0.779. The topological polar surface area (TPSA) is 51.5 Å². The minimum atomic E-state index is -0.154. The lowest BCUT2D eigenvalue weighted by Gasteiger charge is -2.09. The van der Waals surface area contributed by atoms with E-state index in [1.54, 1.807) is 6.08 Å². The van der Waals surface area contributed by atoms with Crippen LogP contribution in [0.5, 0.6) is 5.75 Å². The molecule has 1 aromatic heterocycles. The van der Waals surface area contributed by atoms with Gasteiger partial charge in [-0.25, -0.2) is 0 Å². The standard InChI is InChI=1S/C20H23NO3/c1-3-23-18-7-5-4-6-15(18)13-21-20(22)11-9-16-8-10-19(24-16)17-12-14(17)2/h4-11,14,17H,3,12-13H2,1-2H3,(H,21,22). The third-order valence-electron chi connectivity index (χ3n) is 4.25. The zero-order valence-electron chi connectivity index (χ0n) is 14.1. The van der Waals surface area contributed by atoms with Crippen LogP contribution in [0.1, 0.15) is 43.3 Å². The van der Waals surface area contributed by atoms with Crippen LogP contribution in [0.4, 0.5) is 0 Å². The highest BCUT2D eigenvalue weighted by Gasteiger charge is 2.36. The number of nitrogens with one attached hydrogen (secondary N) is 1. The van der Waals surface area contributed by atoms with Gasteiger partial charge in [0.1, 0.15) is 17.3 Å². The van der Waals surface area contributed by atoms with E-state index in [1.165, 1.54) is 12.5 Å². The highest BCUT2D eigenvalue weighted by Crippen LogP contribution is 2.47. The Labute approximate surface area is 142 Å². The monoisotopic (exact) mass is 325 g/mol. The highest BCUT2D eigenvalue weighted by atomic mass is 16.5. The van der Waals surface area contributed by atoms with E-state index in [9.17, 15) is 4.79 Å². The van der Waals surface area contributed by atoms with E-state index in [2.05, 4.69) is 12.2 Å². The molecule has 3 rings (SSSR count). The normalized spacial score (nSPS) is 19.4. The fourth-order valence-electron chi connectivity index (χ4n) is 2.72. The fraction of sp³-hybridized carbons (Fsp3) is 0.350. The van der Waals surface area contributed by atoms with E-state index in [0.29, 0.717) is 30.7 Å².